The maximum Gasteiger partial charge on any atom is 0.260 e. The molecule has 0 bridgehead atoms. The van der Waals surface area contributed by atoms with Crippen molar-refractivity contribution in [2.75, 3.05) is 0 Å². The van der Waals surface area contributed by atoms with Gasteiger partial charge in [0.15, 0.2) is 11.5 Å². The second-order valence-corrected chi connectivity index (χ2v) is 9.00. The molecule has 1 aromatic heterocycles. The Bertz CT molecular complexity index is 870. The Kier molecular flexibility index (Phi) is 3.98. The van der Waals surface area contributed by atoms with Crippen LogP contribution in [0, 0.1) is 0 Å². The predicted molar refractivity (Wildman–Crippen MR) is 97.6 cm³/mol. The van der Waals surface area contributed by atoms with E-state index in [4.69, 9.17) is 11.5 Å². The second kappa shape index (κ2) is 6.01. The number of carbonyl (C=O) groups excluding carboxylic acids is 2. The first kappa shape index (κ1) is 17.9. The van der Waals surface area contributed by atoms with Gasteiger partial charge >= 0.3 is 0 Å². The van der Waals surface area contributed by atoms with Crippen LogP contribution in [0.2, 0.25) is 0 Å². The molecule has 2 aliphatic heterocycles. The average molecular weight is 388 g/mol. The SMILES string of the molecule is CC1(C)S[C@H]2C(NC(=O)C(N)(N)c3ccccc3)C(=O)N2C1c1nnn[nH]1. The van der Waals surface area contributed by atoms with E-state index in [0.29, 0.717) is 11.4 Å². The summed E-state index contributed by atoms with van der Waals surface area (Å²) in [5.74, 6) is -0.295. The summed E-state index contributed by atoms with van der Waals surface area (Å²) in [4.78, 5) is 27.2. The van der Waals surface area contributed by atoms with Crippen LogP contribution in [0.1, 0.15) is 31.3 Å². The normalized spacial score (nSPS) is 26.4. The van der Waals surface area contributed by atoms with E-state index in [1.54, 1.807) is 47.0 Å². The number of β-lactam (4-membered cyclic amide) rings is 1. The van der Waals surface area contributed by atoms with Gasteiger partial charge in [-0.05, 0) is 29.8 Å². The number of hydrogen-bond acceptors (Lipinski definition) is 8. The molecule has 0 spiro atoms. The number of amides is 2. The maximum absolute atomic E-state index is 12.8. The highest BCUT2D eigenvalue weighted by atomic mass is 32.2. The molecule has 1 aromatic carbocycles. The second-order valence-electron chi connectivity index (χ2n) is 7.23. The van der Waals surface area contributed by atoms with Crippen molar-refractivity contribution in [3.8, 4) is 0 Å². The summed E-state index contributed by atoms with van der Waals surface area (Å²) in [7, 11) is 0. The maximum atomic E-state index is 12.8. The van der Waals surface area contributed by atoms with Crippen molar-refractivity contribution in [3.05, 3.63) is 41.7 Å². The fraction of sp³-hybridized carbons (Fsp3) is 0.438. The average Bonchev–Trinajstić information content (AvgIpc) is 3.24. The number of hydrogen-bond donors (Lipinski definition) is 4. The molecule has 0 saturated carbocycles. The molecule has 6 N–H and O–H groups in total. The van der Waals surface area contributed by atoms with Crippen LogP contribution in [0.5, 0.6) is 0 Å². The molecule has 3 atom stereocenters. The van der Waals surface area contributed by atoms with E-state index in [1.807, 2.05) is 13.8 Å². The Labute approximate surface area is 159 Å². The lowest BCUT2D eigenvalue weighted by Gasteiger charge is -2.44. The lowest BCUT2D eigenvalue weighted by molar-refractivity contribution is -0.152. The van der Waals surface area contributed by atoms with Gasteiger partial charge in [-0.1, -0.05) is 30.3 Å². The lowest BCUT2D eigenvalue weighted by Crippen LogP contribution is -2.71. The number of H-pyrrole nitrogens is 1. The van der Waals surface area contributed by atoms with Crippen LogP contribution in [0.25, 0.3) is 0 Å². The smallest absolute Gasteiger partial charge is 0.260 e. The molecule has 3 heterocycles. The van der Waals surface area contributed by atoms with Crippen molar-refractivity contribution in [1.29, 1.82) is 0 Å². The van der Waals surface area contributed by atoms with Crippen LogP contribution in [0.3, 0.4) is 0 Å². The number of rotatable bonds is 4. The van der Waals surface area contributed by atoms with Crippen molar-refractivity contribution in [2.45, 2.75) is 41.7 Å². The first-order chi connectivity index (χ1) is 12.7. The van der Waals surface area contributed by atoms with E-state index in [2.05, 4.69) is 25.9 Å². The summed E-state index contributed by atoms with van der Waals surface area (Å²) < 4.78 is -0.330. The summed E-state index contributed by atoms with van der Waals surface area (Å²) in [6, 6.07) is 7.65. The molecule has 142 valence electrons. The summed E-state index contributed by atoms with van der Waals surface area (Å²) in [6.45, 7) is 4.02. The summed E-state index contributed by atoms with van der Waals surface area (Å²) in [6.07, 6.45) is 0. The van der Waals surface area contributed by atoms with E-state index in [-0.39, 0.29) is 22.1 Å². The fourth-order valence-corrected chi connectivity index (χ4v) is 5.21. The van der Waals surface area contributed by atoms with Gasteiger partial charge in [-0.25, -0.2) is 5.10 Å². The highest BCUT2D eigenvalue weighted by molar-refractivity contribution is 8.01. The highest BCUT2D eigenvalue weighted by Gasteiger charge is 2.63. The standard InChI is InChI=1S/C16H20N8O2S/c1-15(2)10(11-20-22-23-21-11)24-12(25)9(13(24)27-15)19-14(26)16(17,18)8-6-4-3-5-7-8/h3-7,9-10,13H,17-18H2,1-2H3,(H,19,26)(H,20,21,22,23)/t9?,10?,13-/m0/s1. The quantitative estimate of drug-likeness (QED) is 0.391. The van der Waals surface area contributed by atoms with Crippen LogP contribution >= 0.6 is 11.8 Å². The van der Waals surface area contributed by atoms with Gasteiger partial charge in [0.1, 0.15) is 17.5 Å². The van der Waals surface area contributed by atoms with Gasteiger partial charge in [-0.3, -0.25) is 9.59 Å². The van der Waals surface area contributed by atoms with Gasteiger partial charge in [0.2, 0.25) is 5.91 Å². The number of nitrogens with one attached hydrogen (secondary N) is 2. The topological polar surface area (TPSA) is 156 Å². The molecule has 2 saturated heterocycles. The monoisotopic (exact) mass is 388 g/mol. The number of benzene rings is 1. The first-order valence-corrected chi connectivity index (χ1v) is 9.29. The molecular formula is C16H20N8O2S. The molecule has 2 unspecified atom stereocenters. The molecular weight excluding hydrogens is 368 g/mol. The zero-order valence-corrected chi connectivity index (χ0v) is 15.6. The zero-order valence-electron chi connectivity index (χ0n) is 14.8. The van der Waals surface area contributed by atoms with E-state index < -0.39 is 17.6 Å². The number of aromatic nitrogens is 4. The van der Waals surface area contributed by atoms with Crippen LogP contribution in [0.15, 0.2) is 30.3 Å². The minimum Gasteiger partial charge on any atom is -0.339 e. The number of tetrazole rings is 1. The zero-order chi connectivity index (χ0) is 19.4. The number of carbonyl (C=O) groups is 2. The van der Waals surface area contributed by atoms with Gasteiger partial charge < -0.3 is 21.7 Å². The van der Waals surface area contributed by atoms with Crippen molar-refractivity contribution in [1.82, 2.24) is 30.8 Å². The van der Waals surface area contributed by atoms with E-state index in [1.165, 1.54) is 0 Å². The molecule has 2 amide bonds. The van der Waals surface area contributed by atoms with Crippen LogP contribution < -0.4 is 16.8 Å². The third-order valence-electron chi connectivity index (χ3n) is 4.98. The molecule has 27 heavy (non-hydrogen) atoms. The largest absolute Gasteiger partial charge is 0.339 e. The molecule has 0 aliphatic carbocycles. The molecule has 2 aromatic rings. The third-order valence-corrected chi connectivity index (χ3v) is 6.55. The van der Waals surface area contributed by atoms with Gasteiger partial charge in [-0.2, -0.15) is 0 Å². The van der Waals surface area contributed by atoms with Gasteiger partial charge in [-0.15, -0.1) is 16.9 Å². The molecule has 2 fully saturated rings. The van der Waals surface area contributed by atoms with Gasteiger partial charge in [0.25, 0.3) is 5.91 Å². The van der Waals surface area contributed by atoms with E-state index in [9.17, 15) is 9.59 Å². The van der Waals surface area contributed by atoms with Gasteiger partial charge in [0, 0.05) is 4.75 Å². The summed E-state index contributed by atoms with van der Waals surface area (Å²) in [5, 5.41) is 16.4. The predicted octanol–water partition coefficient (Wildman–Crippen LogP) is -0.810. The molecule has 4 rings (SSSR count). The van der Waals surface area contributed by atoms with E-state index >= 15 is 0 Å². The summed E-state index contributed by atoms with van der Waals surface area (Å²) in [5.41, 5.74) is 10.8. The van der Waals surface area contributed by atoms with Gasteiger partial charge in [0.05, 0.1) is 0 Å². The minimum atomic E-state index is -1.73. The van der Waals surface area contributed by atoms with E-state index in [0.717, 1.165) is 0 Å². The Morgan fingerprint density at radius 2 is 2.04 bits per heavy atom. The number of thioether (sulfide) groups is 1. The number of aromatic amines is 1. The molecule has 10 nitrogen and oxygen atoms in total. The third kappa shape index (κ3) is 2.69. The Hall–Kier alpha value is -2.50. The number of fused-ring (bicyclic) bond motifs is 1. The van der Waals surface area contributed by atoms with Crippen LogP contribution in [0.4, 0.5) is 0 Å². The van der Waals surface area contributed by atoms with Crippen LogP contribution in [-0.4, -0.2) is 53.5 Å². The first-order valence-electron chi connectivity index (χ1n) is 8.41. The lowest BCUT2D eigenvalue weighted by atomic mass is 9.94. The molecule has 0 radical (unpaired) electrons. The Morgan fingerprint density at radius 3 is 2.67 bits per heavy atom. The Morgan fingerprint density at radius 1 is 1.33 bits per heavy atom. The fourth-order valence-electron chi connectivity index (χ4n) is 3.58. The van der Waals surface area contributed by atoms with Crippen molar-refractivity contribution in [3.63, 3.8) is 0 Å². The molecule has 2 aliphatic rings. The van der Waals surface area contributed by atoms with Crippen molar-refractivity contribution in [2.24, 2.45) is 11.5 Å². The highest BCUT2D eigenvalue weighted by Crippen LogP contribution is 2.56. The number of nitrogens with zero attached hydrogens (tertiary/aromatic N) is 4. The van der Waals surface area contributed by atoms with Crippen LogP contribution in [-0.2, 0) is 15.3 Å². The van der Waals surface area contributed by atoms with Crippen molar-refractivity contribution < 1.29 is 9.59 Å². The summed E-state index contributed by atoms with van der Waals surface area (Å²) >= 11 is 1.58. The number of nitrogens with two attached hydrogens (primary N) is 2. The minimum absolute atomic E-state index is 0.211. The Balaban J connectivity index is 1.53. The molecule has 11 heteroatoms. The van der Waals surface area contributed by atoms with Crippen molar-refractivity contribution >= 4 is 23.6 Å².